The Morgan fingerprint density at radius 2 is 1.12 bits per heavy atom. The first kappa shape index (κ1) is 18.4. The molecule has 4 rings (SSSR count). The van der Waals surface area contributed by atoms with Crippen LogP contribution in [0.1, 0.15) is 123 Å². The summed E-state index contributed by atoms with van der Waals surface area (Å²) in [7, 11) is 0. The van der Waals surface area contributed by atoms with Gasteiger partial charge in [0.25, 0.3) is 0 Å². The molecule has 0 heteroatoms. The molecule has 4 aliphatic carbocycles. The summed E-state index contributed by atoms with van der Waals surface area (Å²) in [6, 6.07) is 0. The highest BCUT2D eigenvalue weighted by atomic mass is 14.6. The van der Waals surface area contributed by atoms with E-state index in [4.69, 9.17) is 0 Å². The monoisotopic (exact) mass is 344 g/mol. The van der Waals surface area contributed by atoms with E-state index in [9.17, 15) is 0 Å². The molecule has 0 saturated heterocycles. The average molecular weight is 345 g/mol. The van der Waals surface area contributed by atoms with Crippen LogP contribution in [0, 0.1) is 34.5 Å². The van der Waals surface area contributed by atoms with Crippen LogP contribution < -0.4 is 0 Å². The quantitative estimate of drug-likeness (QED) is 0.482. The molecule has 25 heavy (non-hydrogen) atoms. The van der Waals surface area contributed by atoms with Crippen molar-refractivity contribution < 1.29 is 0 Å². The molecule has 144 valence electrons. The first-order chi connectivity index (χ1) is 12.2. The number of rotatable bonds is 4. The molecule has 4 fully saturated rings. The van der Waals surface area contributed by atoms with Crippen molar-refractivity contribution in [1.82, 2.24) is 0 Å². The lowest BCUT2D eigenvalue weighted by Crippen LogP contribution is -2.50. The van der Waals surface area contributed by atoms with E-state index in [1.54, 1.807) is 89.9 Å². The van der Waals surface area contributed by atoms with Gasteiger partial charge in [-0.15, -0.1) is 0 Å². The second kappa shape index (κ2) is 7.55. The highest BCUT2D eigenvalue weighted by molar-refractivity contribution is 5.06. The lowest BCUT2D eigenvalue weighted by Gasteiger charge is -2.61. The zero-order valence-electron chi connectivity index (χ0n) is 17.3. The summed E-state index contributed by atoms with van der Waals surface area (Å²) in [6.07, 6.45) is 26.5. The van der Waals surface area contributed by atoms with Gasteiger partial charge in [0, 0.05) is 0 Å². The average Bonchev–Trinajstić information content (AvgIpc) is 2.63. The number of hydrogen-bond acceptors (Lipinski definition) is 0. The Balaban J connectivity index is 1.21. The fraction of sp³-hybridized carbons (Fsp3) is 1.00. The van der Waals surface area contributed by atoms with Crippen molar-refractivity contribution >= 4 is 0 Å². The first-order valence-corrected chi connectivity index (χ1v) is 12.2. The summed E-state index contributed by atoms with van der Waals surface area (Å²) in [5.41, 5.74) is 1.66. The third kappa shape index (κ3) is 3.84. The Morgan fingerprint density at radius 1 is 0.600 bits per heavy atom. The van der Waals surface area contributed by atoms with Gasteiger partial charge in [-0.05, 0) is 112 Å². The van der Waals surface area contributed by atoms with E-state index in [0.717, 1.165) is 34.5 Å². The van der Waals surface area contributed by atoms with Crippen molar-refractivity contribution in [2.24, 2.45) is 34.5 Å². The normalized spacial score (nSPS) is 47.8. The summed E-state index contributed by atoms with van der Waals surface area (Å²) in [4.78, 5) is 0. The van der Waals surface area contributed by atoms with Crippen LogP contribution in [0.25, 0.3) is 0 Å². The topological polar surface area (TPSA) is 0 Å². The van der Waals surface area contributed by atoms with Crippen molar-refractivity contribution in [1.29, 1.82) is 0 Å². The highest BCUT2D eigenvalue weighted by Crippen LogP contribution is 2.67. The van der Waals surface area contributed by atoms with Gasteiger partial charge in [-0.1, -0.05) is 46.0 Å². The van der Waals surface area contributed by atoms with Crippen LogP contribution in [-0.2, 0) is 0 Å². The van der Waals surface area contributed by atoms with Gasteiger partial charge < -0.3 is 0 Å². The van der Waals surface area contributed by atoms with E-state index < -0.39 is 0 Å². The van der Waals surface area contributed by atoms with Gasteiger partial charge in [0.2, 0.25) is 0 Å². The van der Waals surface area contributed by atoms with Crippen LogP contribution in [0.15, 0.2) is 0 Å². The lowest BCUT2D eigenvalue weighted by atomic mass is 9.43. The van der Waals surface area contributed by atoms with Crippen LogP contribution in [0.2, 0.25) is 0 Å². The molecule has 0 aromatic rings. The summed E-state index contributed by atoms with van der Waals surface area (Å²) in [6.45, 7) is 4.77. The van der Waals surface area contributed by atoms with Gasteiger partial charge in [0.1, 0.15) is 0 Å². The predicted octanol–water partition coefficient (Wildman–Crippen LogP) is 8.15. The Labute approximate surface area is 157 Å². The molecule has 2 spiro atoms. The molecular weight excluding hydrogens is 300 g/mol. The maximum Gasteiger partial charge on any atom is -0.0287 e. The van der Waals surface area contributed by atoms with Crippen LogP contribution in [-0.4, -0.2) is 0 Å². The van der Waals surface area contributed by atoms with Crippen molar-refractivity contribution in [3.05, 3.63) is 0 Å². The van der Waals surface area contributed by atoms with Gasteiger partial charge in [0.15, 0.2) is 0 Å². The zero-order chi connectivity index (χ0) is 17.3. The molecule has 0 amide bonds. The third-order valence-electron chi connectivity index (χ3n) is 9.59. The van der Waals surface area contributed by atoms with Gasteiger partial charge in [-0.25, -0.2) is 0 Å². The predicted molar refractivity (Wildman–Crippen MR) is 109 cm³/mol. The molecule has 0 aliphatic heterocycles. The molecule has 0 nitrogen and oxygen atoms in total. The highest BCUT2D eigenvalue weighted by Gasteiger charge is 2.55. The molecule has 0 heterocycles. The molecule has 0 radical (unpaired) electrons. The minimum absolute atomic E-state index is 0.828. The van der Waals surface area contributed by atoms with Crippen molar-refractivity contribution in [3.63, 3.8) is 0 Å². The second-order valence-corrected chi connectivity index (χ2v) is 11.1. The van der Waals surface area contributed by atoms with Crippen molar-refractivity contribution in [2.75, 3.05) is 0 Å². The summed E-state index contributed by atoms with van der Waals surface area (Å²) in [5, 5.41) is 0. The van der Waals surface area contributed by atoms with Gasteiger partial charge in [0.05, 0.1) is 0 Å². The molecule has 4 saturated carbocycles. The standard InChI is InChI=1S/C25H44/c1-3-5-21-6-8-22(9-7-21)23-12-16-25(17-13-23)18-24(19-25)14-10-20(4-2)11-15-24/h20-23H,3-19H2,1-2H3. The fourth-order valence-electron chi connectivity index (χ4n) is 8.02. The van der Waals surface area contributed by atoms with E-state index in [1.807, 2.05) is 0 Å². The summed E-state index contributed by atoms with van der Waals surface area (Å²) < 4.78 is 0. The van der Waals surface area contributed by atoms with Gasteiger partial charge in [-0.3, -0.25) is 0 Å². The Morgan fingerprint density at radius 3 is 1.64 bits per heavy atom. The molecule has 0 unspecified atom stereocenters. The molecule has 4 aliphatic rings. The smallest absolute Gasteiger partial charge is 0.0287 e. The minimum atomic E-state index is 0.828. The summed E-state index contributed by atoms with van der Waals surface area (Å²) in [5.74, 6) is 4.38. The SMILES string of the molecule is CCCC1CCC(C2CCC3(CC2)CC2(CCC(CC)CC2)C3)CC1. The van der Waals surface area contributed by atoms with E-state index in [0.29, 0.717) is 0 Å². The third-order valence-corrected chi connectivity index (χ3v) is 9.59. The second-order valence-electron chi connectivity index (χ2n) is 11.1. The Kier molecular flexibility index (Phi) is 5.55. The van der Waals surface area contributed by atoms with Crippen LogP contribution in [0.5, 0.6) is 0 Å². The first-order valence-electron chi connectivity index (χ1n) is 12.2. The van der Waals surface area contributed by atoms with E-state index in [2.05, 4.69) is 13.8 Å². The maximum absolute atomic E-state index is 2.40. The van der Waals surface area contributed by atoms with Crippen molar-refractivity contribution in [2.45, 2.75) is 123 Å². The molecule has 0 bridgehead atoms. The summed E-state index contributed by atoms with van der Waals surface area (Å²) >= 11 is 0. The van der Waals surface area contributed by atoms with Crippen LogP contribution in [0.4, 0.5) is 0 Å². The zero-order valence-corrected chi connectivity index (χ0v) is 17.3. The number of hydrogen-bond donors (Lipinski definition) is 0. The molecule has 0 N–H and O–H groups in total. The largest absolute Gasteiger partial charge is 0.0654 e. The van der Waals surface area contributed by atoms with E-state index in [-0.39, 0.29) is 0 Å². The van der Waals surface area contributed by atoms with Crippen molar-refractivity contribution in [3.8, 4) is 0 Å². The minimum Gasteiger partial charge on any atom is -0.0654 e. The molecule has 0 aromatic carbocycles. The van der Waals surface area contributed by atoms with Gasteiger partial charge in [-0.2, -0.15) is 0 Å². The van der Waals surface area contributed by atoms with Crippen LogP contribution >= 0.6 is 0 Å². The lowest BCUT2D eigenvalue weighted by molar-refractivity contribution is -0.105. The molecular formula is C25H44. The van der Waals surface area contributed by atoms with Gasteiger partial charge >= 0.3 is 0 Å². The Hall–Kier alpha value is 0. The van der Waals surface area contributed by atoms with E-state index >= 15 is 0 Å². The maximum atomic E-state index is 2.40. The fourth-order valence-corrected chi connectivity index (χ4v) is 8.02. The Bertz CT molecular complexity index is 401. The van der Waals surface area contributed by atoms with Crippen LogP contribution in [0.3, 0.4) is 0 Å². The van der Waals surface area contributed by atoms with E-state index in [1.165, 1.54) is 19.3 Å². The molecule has 0 aromatic heterocycles. The molecule has 0 atom stereocenters.